The van der Waals surface area contributed by atoms with Crippen LogP contribution in [-0.4, -0.2) is 25.2 Å². The van der Waals surface area contributed by atoms with Gasteiger partial charge in [0, 0.05) is 42.2 Å². The number of hydrogen-bond donors (Lipinski definition) is 4. The molecule has 0 radical (unpaired) electrons. The summed E-state index contributed by atoms with van der Waals surface area (Å²) in [6, 6.07) is 6.04. The standard InChI is InChI=1S/C17H21FN4S/c1-4-16(18)21-9-11(2)17-22-14-7-12(5-6-15(14)23-17)13(8-19)10-20-3/h4-8,10,17,19-22H,2,9H2,1,3H3/b13-10+,16-4-,19-8?. The first kappa shape index (κ1) is 17.1. The summed E-state index contributed by atoms with van der Waals surface area (Å²) in [4.78, 5) is 1.13. The Hall–Kier alpha value is -2.21. The first-order valence-electron chi connectivity index (χ1n) is 7.28. The second-order valence-electron chi connectivity index (χ2n) is 5.03. The van der Waals surface area contributed by atoms with Gasteiger partial charge >= 0.3 is 0 Å². The fourth-order valence-electron chi connectivity index (χ4n) is 2.16. The van der Waals surface area contributed by atoms with E-state index in [-0.39, 0.29) is 11.3 Å². The third-order valence-corrected chi connectivity index (χ3v) is 4.71. The van der Waals surface area contributed by atoms with Crippen molar-refractivity contribution in [2.45, 2.75) is 17.2 Å². The van der Waals surface area contributed by atoms with Gasteiger partial charge in [0.15, 0.2) is 5.95 Å². The maximum Gasteiger partial charge on any atom is 0.182 e. The van der Waals surface area contributed by atoms with E-state index in [9.17, 15) is 4.39 Å². The molecule has 122 valence electrons. The number of allylic oxidation sites excluding steroid dienone is 2. The molecule has 1 aliphatic rings. The predicted molar refractivity (Wildman–Crippen MR) is 97.5 cm³/mol. The zero-order valence-electron chi connectivity index (χ0n) is 13.2. The van der Waals surface area contributed by atoms with Gasteiger partial charge in [0.1, 0.15) is 5.37 Å². The SMILES string of the molecule is C=C(CN/C(F)=C\C)C1Nc2cc(/C(C=N)=C/NC)ccc2S1. The Morgan fingerprint density at radius 1 is 1.52 bits per heavy atom. The van der Waals surface area contributed by atoms with Crippen LogP contribution in [0.3, 0.4) is 0 Å². The molecule has 2 rings (SSSR count). The number of nitrogens with one attached hydrogen (secondary N) is 4. The van der Waals surface area contributed by atoms with Gasteiger partial charge < -0.3 is 21.4 Å². The van der Waals surface area contributed by atoms with E-state index in [2.05, 4.69) is 22.5 Å². The highest BCUT2D eigenvalue weighted by atomic mass is 32.2. The zero-order chi connectivity index (χ0) is 16.8. The summed E-state index contributed by atoms with van der Waals surface area (Å²) in [5, 5.41) is 16.5. The number of benzene rings is 1. The lowest BCUT2D eigenvalue weighted by Crippen LogP contribution is -2.22. The maximum absolute atomic E-state index is 13.1. The summed E-state index contributed by atoms with van der Waals surface area (Å²) in [6.07, 6.45) is 4.49. The van der Waals surface area contributed by atoms with Gasteiger partial charge in [-0.15, -0.1) is 0 Å². The lowest BCUT2D eigenvalue weighted by molar-refractivity contribution is 0.553. The summed E-state index contributed by atoms with van der Waals surface area (Å²) in [5.41, 5.74) is 3.66. The molecule has 0 spiro atoms. The number of hydrogen-bond acceptors (Lipinski definition) is 5. The lowest BCUT2D eigenvalue weighted by atomic mass is 10.1. The van der Waals surface area contributed by atoms with Crippen LogP contribution in [0.25, 0.3) is 5.57 Å². The Morgan fingerprint density at radius 3 is 2.96 bits per heavy atom. The quantitative estimate of drug-likeness (QED) is 0.349. The fourth-order valence-corrected chi connectivity index (χ4v) is 3.25. The van der Waals surface area contributed by atoms with Crippen LogP contribution < -0.4 is 16.0 Å². The summed E-state index contributed by atoms with van der Waals surface area (Å²) >= 11 is 1.66. The van der Waals surface area contributed by atoms with E-state index in [1.807, 2.05) is 25.2 Å². The highest BCUT2D eigenvalue weighted by Crippen LogP contribution is 2.41. The molecule has 4 N–H and O–H groups in total. The number of fused-ring (bicyclic) bond motifs is 1. The lowest BCUT2D eigenvalue weighted by Gasteiger charge is -2.14. The molecule has 1 aliphatic heterocycles. The van der Waals surface area contributed by atoms with Gasteiger partial charge in [0.25, 0.3) is 0 Å². The van der Waals surface area contributed by atoms with Crippen LogP contribution in [0.2, 0.25) is 0 Å². The summed E-state index contributed by atoms with van der Waals surface area (Å²) < 4.78 is 13.1. The summed E-state index contributed by atoms with van der Waals surface area (Å²) in [7, 11) is 1.81. The topological polar surface area (TPSA) is 59.9 Å². The Bertz CT molecular complexity index is 667. The van der Waals surface area contributed by atoms with Crippen LogP contribution in [0, 0.1) is 5.41 Å². The molecule has 0 aliphatic carbocycles. The Kier molecular flexibility index (Phi) is 5.87. The molecule has 1 unspecified atom stereocenters. The monoisotopic (exact) mass is 332 g/mol. The molecule has 0 bridgehead atoms. The van der Waals surface area contributed by atoms with E-state index >= 15 is 0 Å². The van der Waals surface area contributed by atoms with Crippen molar-refractivity contribution in [2.24, 2.45) is 0 Å². The first-order chi connectivity index (χ1) is 11.1. The summed E-state index contributed by atoms with van der Waals surface area (Å²) in [6.45, 7) is 6.06. The largest absolute Gasteiger partial charge is 0.393 e. The van der Waals surface area contributed by atoms with Crippen molar-refractivity contribution >= 4 is 29.2 Å². The number of anilines is 1. The molecule has 0 aromatic heterocycles. The average molecular weight is 332 g/mol. The van der Waals surface area contributed by atoms with Crippen molar-refractivity contribution in [1.29, 1.82) is 5.41 Å². The minimum absolute atomic E-state index is 0.00844. The third-order valence-electron chi connectivity index (χ3n) is 3.41. The van der Waals surface area contributed by atoms with Gasteiger partial charge in [0.2, 0.25) is 0 Å². The molecule has 0 saturated heterocycles. The molecule has 23 heavy (non-hydrogen) atoms. The molecular formula is C17H21FN4S. The van der Waals surface area contributed by atoms with Crippen molar-refractivity contribution in [3.05, 3.63) is 54.1 Å². The first-order valence-corrected chi connectivity index (χ1v) is 8.16. The van der Waals surface area contributed by atoms with Gasteiger partial charge in [-0.05, 0) is 36.3 Å². The van der Waals surface area contributed by atoms with E-state index in [0.717, 1.165) is 27.3 Å². The van der Waals surface area contributed by atoms with Crippen LogP contribution >= 0.6 is 11.8 Å². The maximum atomic E-state index is 13.1. The summed E-state index contributed by atoms with van der Waals surface area (Å²) in [5.74, 6) is -0.346. The molecule has 1 heterocycles. The van der Waals surface area contributed by atoms with Crippen molar-refractivity contribution in [3.8, 4) is 0 Å². The van der Waals surface area contributed by atoms with Crippen molar-refractivity contribution < 1.29 is 4.39 Å². The molecule has 1 aromatic rings. The van der Waals surface area contributed by atoms with Crippen LogP contribution in [0.15, 0.2) is 53.5 Å². The van der Waals surface area contributed by atoms with E-state index in [4.69, 9.17) is 5.41 Å². The van der Waals surface area contributed by atoms with Gasteiger partial charge in [-0.25, -0.2) is 0 Å². The molecule has 0 saturated carbocycles. The van der Waals surface area contributed by atoms with Gasteiger partial charge in [-0.2, -0.15) is 4.39 Å². The number of rotatable bonds is 7. The Balaban J connectivity index is 2.08. The smallest absolute Gasteiger partial charge is 0.182 e. The van der Waals surface area contributed by atoms with Crippen LogP contribution in [0.5, 0.6) is 0 Å². The van der Waals surface area contributed by atoms with E-state index in [1.165, 1.54) is 12.3 Å². The van der Waals surface area contributed by atoms with E-state index in [0.29, 0.717) is 6.54 Å². The molecule has 4 nitrogen and oxygen atoms in total. The Morgan fingerprint density at radius 2 is 2.30 bits per heavy atom. The molecule has 1 atom stereocenters. The molecule has 0 fully saturated rings. The highest BCUT2D eigenvalue weighted by molar-refractivity contribution is 8.00. The third kappa shape index (κ3) is 4.16. The zero-order valence-corrected chi connectivity index (χ0v) is 14.1. The molecule has 6 heteroatoms. The van der Waals surface area contributed by atoms with Crippen molar-refractivity contribution in [2.75, 3.05) is 18.9 Å². The normalized spacial score (nSPS) is 17.3. The van der Waals surface area contributed by atoms with Crippen LogP contribution in [-0.2, 0) is 0 Å². The van der Waals surface area contributed by atoms with Crippen LogP contribution in [0.4, 0.5) is 10.1 Å². The van der Waals surface area contributed by atoms with Gasteiger partial charge in [-0.3, -0.25) is 0 Å². The minimum atomic E-state index is -0.346. The van der Waals surface area contributed by atoms with Gasteiger partial charge in [0.05, 0.1) is 0 Å². The second-order valence-corrected chi connectivity index (χ2v) is 6.18. The molecular weight excluding hydrogens is 311 g/mol. The molecule has 0 amide bonds. The molecule has 1 aromatic carbocycles. The highest BCUT2D eigenvalue weighted by Gasteiger charge is 2.24. The predicted octanol–water partition coefficient (Wildman–Crippen LogP) is 3.72. The second kappa shape index (κ2) is 7.87. The fraction of sp³-hybridized carbons (Fsp3) is 0.235. The average Bonchev–Trinajstić information content (AvgIpc) is 3.00. The van der Waals surface area contributed by atoms with Crippen LogP contribution in [0.1, 0.15) is 12.5 Å². The van der Waals surface area contributed by atoms with E-state index in [1.54, 1.807) is 24.9 Å². The number of thioether (sulfide) groups is 1. The Labute approximate surface area is 140 Å². The minimum Gasteiger partial charge on any atom is -0.393 e. The van der Waals surface area contributed by atoms with Gasteiger partial charge in [-0.1, -0.05) is 24.4 Å². The van der Waals surface area contributed by atoms with Crippen molar-refractivity contribution in [1.82, 2.24) is 10.6 Å². The number of halogens is 1. The van der Waals surface area contributed by atoms with E-state index < -0.39 is 0 Å². The van der Waals surface area contributed by atoms with Crippen molar-refractivity contribution in [3.63, 3.8) is 0 Å².